The number of hydrogen-bond acceptors (Lipinski definition) is 4. The fourth-order valence-electron chi connectivity index (χ4n) is 2.05. The fraction of sp³-hybridized carbons (Fsp3) is 0.538. The zero-order chi connectivity index (χ0) is 13.8. The van der Waals surface area contributed by atoms with Crippen LogP contribution in [0.2, 0.25) is 0 Å². The van der Waals surface area contributed by atoms with Gasteiger partial charge in [0.05, 0.1) is 7.11 Å². The van der Waals surface area contributed by atoms with E-state index < -0.39 is 8.80 Å². The molecular weight excluding hydrogens is 248 g/mol. The maximum Gasteiger partial charge on any atom is 0.504 e. The molecule has 1 aromatic carbocycles. The van der Waals surface area contributed by atoms with Crippen molar-refractivity contribution in [1.82, 2.24) is 0 Å². The van der Waals surface area contributed by atoms with E-state index >= 15 is 0 Å². The summed E-state index contributed by atoms with van der Waals surface area (Å²) in [5.41, 5.74) is 3.48. The summed E-state index contributed by atoms with van der Waals surface area (Å²) in [5, 5.41) is 0. The van der Waals surface area contributed by atoms with Gasteiger partial charge in [-0.3, -0.25) is 0 Å². The van der Waals surface area contributed by atoms with E-state index in [1.165, 1.54) is 11.1 Å². The number of methoxy groups -OCH3 is 1. The first-order chi connectivity index (χ1) is 8.53. The molecule has 0 saturated heterocycles. The molecule has 1 rings (SSSR count). The third-order valence-corrected chi connectivity index (χ3v) is 5.98. The summed E-state index contributed by atoms with van der Waals surface area (Å²) in [4.78, 5) is 0. The van der Waals surface area contributed by atoms with Crippen molar-refractivity contribution < 1.29 is 18.0 Å². The number of ether oxygens (including phenoxy) is 1. The van der Waals surface area contributed by atoms with Gasteiger partial charge in [-0.2, -0.15) is 0 Å². The van der Waals surface area contributed by atoms with Crippen molar-refractivity contribution in [3.63, 3.8) is 0 Å². The van der Waals surface area contributed by atoms with Crippen molar-refractivity contribution in [2.75, 3.05) is 28.4 Å². The van der Waals surface area contributed by atoms with Crippen molar-refractivity contribution in [3.05, 3.63) is 28.8 Å². The van der Waals surface area contributed by atoms with E-state index in [0.717, 1.165) is 11.3 Å². The lowest BCUT2D eigenvalue weighted by atomic mass is 10.0. The van der Waals surface area contributed by atoms with E-state index in [1.807, 2.05) is 19.1 Å². The molecule has 4 nitrogen and oxygen atoms in total. The average molecular weight is 270 g/mol. The van der Waals surface area contributed by atoms with Crippen molar-refractivity contribution in [2.45, 2.75) is 19.9 Å². The van der Waals surface area contributed by atoms with E-state index in [4.69, 9.17) is 18.0 Å². The van der Waals surface area contributed by atoms with Crippen molar-refractivity contribution in [1.29, 1.82) is 0 Å². The molecule has 0 bridgehead atoms. The Morgan fingerprint density at radius 1 is 0.944 bits per heavy atom. The van der Waals surface area contributed by atoms with Gasteiger partial charge in [0.1, 0.15) is 5.75 Å². The van der Waals surface area contributed by atoms with Gasteiger partial charge in [-0.05, 0) is 36.6 Å². The maximum absolute atomic E-state index is 5.48. The van der Waals surface area contributed by atoms with Crippen LogP contribution in [0, 0.1) is 13.8 Å². The van der Waals surface area contributed by atoms with Crippen LogP contribution in [0.1, 0.15) is 16.7 Å². The highest BCUT2D eigenvalue weighted by Crippen LogP contribution is 2.27. The Labute approximate surface area is 110 Å². The summed E-state index contributed by atoms with van der Waals surface area (Å²) in [6, 6.07) is 4.66. The molecule has 0 N–H and O–H groups in total. The Kier molecular flexibility index (Phi) is 5.34. The Morgan fingerprint density at radius 3 is 1.94 bits per heavy atom. The van der Waals surface area contributed by atoms with Crippen LogP contribution < -0.4 is 4.74 Å². The summed E-state index contributed by atoms with van der Waals surface area (Å²) in [7, 11) is 3.95. The summed E-state index contributed by atoms with van der Waals surface area (Å²) >= 11 is 0. The molecule has 0 aliphatic rings. The molecule has 0 fully saturated rings. The molecule has 0 atom stereocenters. The highest BCUT2D eigenvalue weighted by atomic mass is 28.4. The van der Waals surface area contributed by atoms with Crippen LogP contribution in [0.15, 0.2) is 12.1 Å². The van der Waals surface area contributed by atoms with Gasteiger partial charge in [-0.15, -0.1) is 0 Å². The van der Waals surface area contributed by atoms with Crippen molar-refractivity contribution in [2.24, 2.45) is 0 Å². The monoisotopic (exact) mass is 270 g/mol. The minimum Gasteiger partial charge on any atom is -0.496 e. The second-order valence-corrected chi connectivity index (χ2v) is 7.10. The van der Waals surface area contributed by atoms with E-state index in [2.05, 4.69) is 6.92 Å². The van der Waals surface area contributed by atoms with Crippen LogP contribution in [-0.2, 0) is 19.3 Å². The third-order valence-electron chi connectivity index (χ3n) is 3.33. The molecule has 0 saturated carbocycles. The lowest BCUT2D eigenvalue weighted by Crippen LogP contribution is -2.46. The van der Waals surface area contributed by atoms with Gasteiger partial charge in [0.15, 0.2) is 0 Å². The van der Waals surface area contributed by atoms with Crippen LogP contribution in [0.5, 0.6) is 5.75 Å². The molecule has 0 amide bonds. The molecule has 1 aromatic rings. The molecule has 0 radical (unpaired) electrons. The molecule has 0 aliphatic heterocycles. The molecule has 0 heterocycles. The smallest absolute Gasteiger partial charge is 0.496 e. The minimum absolute atomic E-state index is 0.644. The van der Waals surface area contributed by atoms with E-state index in [9.17, 15) is 0 Å². The normalized spacial score (nSPS) is 11.7. The summed E-state index contributed by atoms with van der Waals surface area (Å²) in [5.74, 6) is 0.877. The first-order valence-corrected chi connectivity index (χ1v) is 7.75. The van der Waals surface area contributed by atoms with Crippen molar-refractivity contribution >= 4 is 8.80 Å². The van der Waals surface area contributed by atoms with Crippen LogP contribution in [0.25, 0.3) is 0 Å². The van der Waals surface area contributed by atoms with Gasteiger partial charge in [0.25, 0.3) is 0 Å². The maximum atomic E-state index is 5.48. The topological polar surface area (TPSA) is 36.9 Å². The molecule has 0 aromatic heterocycles. The van der Waals surface area contributed by atoms with Crippen LogP contribution in [-0.4, -0.2) is 37.2 Å². The molecule has 102 valence electrons. The summed E-state index contributed by atoms with van der Waals surface area (Å²) in [6.07, 6.45) is 0. The van der Waals surface area contributed by atoms with Gasteiger partial charge in [0, 0.05) is 27.4 Å². The van der Waals surface area contributed by atoms with Crippen LogP contribution >= 0.6 is 0 Å². The zero-order valence-electron chi connectivity index (χ0n) is 12.0. The zero-order valence-corrected chi connectivity index (χ0v) is 13.0. The molecular formula is C13H22O4Si. The summed E-state index contributed by atoms with van der Waals surface area (Å²) in [6.45, 7) is 4.11. The predicted octanol–water partition coefficient (Wildman–Crippen LogP) is 2.27. The second kappa shape index (κ2) is 6.33. The van der Waals surface area contributed by atoms with Gasteiger partial charge in [-0.1, -0.05) is 6.07 Å². The molecule has 18 heavy (non-hydrogen) atoms. The highest BCUT2D eigenvalue weighted by molar-refractivity contribution is 6.60. The number of benzene rings is 1. The molecule has 0 spiro atoms. The van der Waals surface area contributed by atoms with E-state index in [0.29, 0.717) is 6.04 Å². The van der Waals surface area contributed by atoms with E-state index in [-0.39, 0.29) is 0 Å². The lowest BCUT2D eigenvalue weighted by molar-refractivity contribution is 0.122. The fourth-order valence-corrected chi connectivity index (χ4v) is 3.96. The Bertz CT molecular complexity index is 394. The Balaban J connectivity index is 3.17. The lowest BCUT2D eigenvalue weighted by Gasteiger charge is -2.26. The quantitative estimate of drug-likeness (QED) is 0.743. The van der Waals surface area contributed by atoms with E-state index in [1.54, 1.807) is 28.4 Å². The second-order valence-electron chi connectivity index (χ2n) is 4.16. The van der Waals surface area contributed by atoms with Crippen LogP contribution in [0.4, 0.5) is 0 Å². The number of rotatable bonds is 6. The SMILES string of the molecule is COc1ccc(C)c(C[Si](OC)(OC)OC)c1C. The predicted molar refractivity (Wildman–Crippen MR) is 73.0 cm³/mol. The van der Waals surface area contributed by atoms with Crippen LogP contribution in [0.3, 0.4) is 0 Å². The van der Waals surface area contributed by atoms with Gasteiger partial charge < -0.3 is 18.0 Å². The summed E-state index contributed by atoms with van der Waals surface area (Å²) < 4.78 is 21.8. The number of hydrogen-bond donors (Lipinski definition) is 0. The third kappa shape index (κ3) is 2.92. The first kappa shape index (κ1) is 15.2. The van der Waals surface area contributed by atoms with Gasteiger partial charge in [-0.25, -0.2) is 0 Å². The largest absolute Gasteiger partial charge is 0.504 e. The minimum atomic E-state index is -2.61. The Morgan fingerprint density at radius 2 is 1.50 bits per heavy atom. The number of aryl methyl sites for hydroxylation is 1. The molecule has 0 unspecified atom stereocenters. The molecule has 0 aliphatic carbocycles. The Hall–Kier alpha value is -0.883. The standard InChI is InChI=1S/C13H22O4Si/c1-10-7-8-13(14-3)11(2)12(10)9-18(15-4,16-5)17-6/h7-8H,9H2,1-6H3. The van der Waals surface area contributed by atoms with Gasteiger partial charge in [0.2, 0.25) is 0 Å². The highest BCUT2D eigenvalue weighted by Gasteiger charge is 2.39. The van der Waals surface area contributed by atoms with Gasteiger partial charge >= 0.3 is 8.80 Å². The van der Waals surface area contributed by atoms with Crippen molar-refractivity contribution in [3.8, 4) is 5.75 Å². The molecule has 5 heteroatoms. The first-order valence-electron chi connectivity index (χ1n) is 5.82. The average Bonchev–Trinajstić information content (AvgIpc) is 2.40.